The van der Waals surface area contributed by atoms with Gasteiger partial charge in [0.15, 0.2) is 0 Å². The number of carbonyl (C=O) groups is 3. The molecule has 1 aliphatic heterocycles. The maximum atomic E-state index is 13.5. The molecule has 0 radical (unpaired) electrons. The van der Waals surface area contributed by atoms with Crippen LogP contribution in [-0.2, 0) is 22.6 Å². The molecular formula is C30H30N4O3. The Morgan fingerprint density at radius 2 is 1.59 bits per heavy atom. The summed E-state index contributed by atoms with van der Waals surface area (Å²) in [6, 6.07) is 25.6. The van der Waals surface area contributed by atoms with Crippen LogP contribution in [0.25, 0.3) is 10.9 Å². The Labute approximate surface area is 216 Å². The predicted octanol–water partition coefficient (Wildman–Crippen LogP) is 3.77. The number of aromatic nitrogens is 1. The fourth-order valence-electron chi connectivity index (χ4n) is 4.83. The van der Waals surface area contributed by atoms with E-state index in [0.29, 0.717) is 31.5 Å². The number of fused-ring (bicyclic) bond motifs is 1. The first-order chi connectivity index (χ1) is 18.0. The van der Waals surface area contributed by atoms with Crippen molar-refractivity contribution in [1.29, 1.82) is 0 Å². The van der Waals surface area contributed by atoms with E-state index in [9.17, 15) is 14.4 Å². The van der Waals surface area contributed by atoms with Crippen LogP contribution in [0.5, 0.6) is 0 Å². The number of nitrogens with zero attached hydrogens (tertiary/aromatic N) is 2. The Kier molecular flexibility index (Phi) is 7.03. The van der Waals surface area contributed by atoms with E-state index in [1.807, 2.05) is 84.9 Å². The van der Waals surface area contributed by atoms with Gasteiger partial charge in [-0.05, 0) is 23.6 Å². The van der Waals surface area contributed by atoms with E-state index in [1.165, 1.54) is 0 Å². The number of para-hydroxylation sites is 1. The van der Waals surface area contributed by atoms with Crippen molar-refractivity contribution >= 4 is 28.6 Å². The highest BCUT2D eigenvalue weighted by atomic mass is 16.2. The second-order valence-electron chi connectivity index (χ2n) is 9.48. The van der Waals surface area contributed by atoms with Gasteiger partial charge in [-0.1, -0.05) is 78.9 Å². The van der Waals surface area contributed by atoms with Gasteiger partial charge in [-0.15, -0.1) is 0 Å². The number of rotatable bonds is 8. The lowest BCUT2D eigenvalue weighted by molar-refractivity contribution is -0.138. The van der Waals surface area contributed by atoms with Gasteiger partial charge in [0.25, 0.3) is 5.91 Å². The van der Waals surface area contributed by atoms with Crippen LogP contribution in [0.2, 0.25) is 0 Å². The van der Waals surface area contributed by atoms with Crippen LogP contribution < -0.4 is 5.32 Å². The number of likely N-dealkylation sites (N-methyl/N-ethyl adjacent to an activating group) is 1. The quantitative estimate of drug-likeness (QED) is 0.391. The van der Waals surface area contributed by atoms with Gasteiger partial charge in [0, 0.05) is 43.7 Å². The smallest absolute Gasteiger partial charge is 0.256 e. The van der Waals surface area contributed by atoms with Crippen LogP contribution in [0.3, 0.4) is 0 Å². The van der Waals surface area contributed by atoms with Gasteiger partial charge in [0.05, 0.1) is 5.56 Å². The molecule has 2 heterocycles. The monoisotopic (exact) mass is 494 g/mol. The summed E-state index contributed by atoms with van der Waals surface area (Å²) in [6.07, 6.45) is 2.63. The molecule has 4 aromatic rings. The summed E-state index contributed by atoms with van der Waals surface area (Å²) in [6.45, 7) is 0.942. The highest BCUT2D eigenvalue weighted by Crippen LogP contribution is 2.25. The molecule has 7 heteroatoms. The number of hydrogen-bond acceptors (Lipinski definition) is 3. The van der Waals surface area contributed by atoms with E-state index in [0.717, 1.165) is 22.0 Å². The number of nitrogens with one attached hydrogen (secondary N) is 2. The first-order valence-corrected chi connectivity index (χ1v) is 12.5. The number of amides is 3. The lowest BCUT2D eigenvalue weighted by Gasteiger charge is -2.40. The zero-order valence-electron chi connectivity index (χ0n) is 20.8. The van der Waals surface area contributed by atoms with Crippen molar-refractivity contribution < 1.29 is 14.4 Å². The molecule has 1 fully saturated rings. The van der Waals surface area contributed by atoms with Gasteiger partial charge in [-0.25, -0.2) is 0 Å². The number of benzene rings is 3. The predicted molar refractivity (Wildman–Crippen MR) is 143 cm³/mol. The van der Waals surface area contributed by atoms with Crippen molar-refractivity contribution in [2.24, 2.45) is 0 Å². The number of carbonyl (C=O) groups excluding carboxylic acids is 3. The van der Waals surface area contributed by atoms with Gasteiger partial charge >= 0.3 is 0 Å². The molecule has 0 aliphatic carbocycles. The average Bonchev–Trinajstić information content (AvgIpc) is 3.33. The highest BCUT2D eigenvalue weighted by molar-refractivity contribution is 6.08. The fourth-order valence-corrected chi connectivity index (χ4v) is 4.83. The minimum atomic E-state index is -0.741. The summed E-state index contributed by atoms with van der Waals surface area (Å²) in [4.78, 5) is 46.5. The van der Waals surface area contributed by atoms with Crippen LogP contribution in [0.4, 0.5) is 0 Å². The molecule has 37 heavy (non-hydrogen) atoms. The third-order valence-electron chi connectivity index (χ3n) is 6.94. The Balaban J connectivity index is 1.31. The van der Waals surface area contributed by atoms with Crippen LogP contribution in [0, 0.1) is 0 Å². The van der Waals surface area contributed by atoms with Crippen molar-refractivity contribution in [3.8, 4) is 0 Å². The molecule has 7 nitrogen and oxygen atoms in total. The SMILES string of the molecule is CN(Cc1ccccc1)C(=O)[C@H](Cc1ccccc1)NC(=O)[C@@H]1CCN1C(=O)c1c[nH]c2ccccc12. The van der Waals surface area contributed by atoms with Crippen LogP contribution in [-0.4, -0.2) is 58.2 Å². The largest absolute Gasteiger partial charge is 0.360 e. The van der Waals surface area contributed by atoms with E-state index in [2.05, 4.69) is 10.3 Å². The molecule has 0 bridgehead atoms. The minimum Gasteiger partial charge on any atom is -0.360 e. The van der Waals surface area contributed by atoms with E-state index in [4.69, 9.17) is 0 Å². The first kappa shape index (κ1) is 24.3. The van der Waals surface area contributed by atoms with Crippen molar-refractivity contribution in [3.05, 3.63) is 108 Å². The summed E-state index contributed by atoms with van der Waals surface area (Å²) in [5.41, 5.74) is 3.39. The number of H-pyrrole nitrogens is 1. The molecular weight excluding hydrogens is 464 g/mol. The molecule has 5 rings (SSSR count). The number of likely N-dealkylation sites (tertiary alicyclic amines) is 1. The van der Waals surface area contributed by atoms with Crippen molar-refractivity contribution in [1.82, 2.24) is 20.1 Å². The zero-order chi connectivity index (χ0) is 25.8. The third kappa shape index (κ3) is 5.26. The topological polar surface area (TPSA) is 85.5 Å². The molecule has 0 unspecified atom stereocenters. The minimum absolute atomic E-state index is 0.171. The van der Waals surface area contributed by atoms with Crippen molar-refractivity contribution in [2.75, 3.05) is 13.6 Å². The lowest BCUT2D eigenvalue weighted by atomic mass is 9.98. The van der Waals surface area contributed by atoms with Crippen LogP contribution in [0.1, 0.15) is 27.9 Å². The molecule has 2 N–H and O–H groups in total. The van der Waals surface area contributed by atoms with E-state index in [1.54, 1.807) is 23.0 Å². The number of hydrogen-bond donors (Lipinski definition) is 2. The fraction of sp³-hybridized carbons (Fsp3) is 0.233. The summed E-state index contributed by atoms with van der Waals surface area (Å²) in [5, 5.41) is 3.80. The maximum Gasteiger partial charge on any atom is 0.256 e. The van der Waals surface area contributed by atoms with Crippen molar-refractivity contribution in [2.45, 2.75) is 31.5 Å². The normalized spacial score (nSPS) is 15.6. The second-order valence-corrected chi connectivity index (χ2v) is 9.48. The molecule has 3 amide bonds. The van der Waals surface area contributed by atoms with Gasteiger partial charge < -0.3 is 20.1 Å². The van der Waals surface area contributed by atoms with Gasteiger partial charge in [-0.2, -0.15) is 0 Å². The molecule has 2 atom stereocenters. The Morgan fingerprint density at radius 3 is 2.27 bits per heavy atom. The molecule has 0 saturated carbocycles. The summed E-state index contributed by atoms with van der Waals surface area (Å²) < 4.78 is 0. The summed E-state index contributed by atoms with van der Waals surface area (Å²) in [7, 11) is 1.75. The molecule has 1 aromatic heterocycles. The molecule has 1 aliphatic rings. The van der Waals surface area contributed by atoms with Crippen LogP contribution >= 0.6 is 0 Å². The van der Waals surface area contributed by atoms with Gasteiger partial charge in [0.2, 0.25) is 11.8 Å². The highest BCUT2D eigenvalue weighted by Gasteiger charge is 2.40. The Hall–Kier alpha value is -4.39. The lowest BCUT2D eigenvalue weighted by Crippen LogP contribution is -2.61. The Bertz CT molecular complexity index is 1400. The van der Waals surface area contributed by atoms with E-state index < -0.39 is 12.1 Å². The van der Waals surface area contributed by atoms with Gasteiger partial charge in [0.1, 0.15) is 12.1 Å². The van der Waals surface area contributed by atoms with Gasteiger partial charge in [-0.3, -0.25) is 14.4 Å². The molecule has 3 aromatic carbocycles. The summed E-state index contributed by atoms with van der Waals surface area (Å²) in [5.74, 6) is -0.660. The summed E-state index contributed by atoms with van der Waals surface area (Å²) >= 11 is 0. The second kappa shape index (κ2) is 10.7. The third-order valence-corrected chi connectivity index (χ3v) is 6.94. The van der Waals surface area contributed by atoms with Crippen LogP contribution in [0.15, 0.2) is 91.1 Å². The molecule has 0 spiro atoms. The standard InChI is InChI=1S/C30H30N4O3/c1-33(20-22-12-6-3-7-13-22)30(37)26(18-21-10-4-2-5-11-21)32-28(35)27-16-17-34(27)29(36)24-19-31-25-15-9-8-14-23(24)25/h2-15,19,26-27,31H,16-18,20H2,1H3,(H,32,35)/t26-,27-/m0/s1. The Morgan fingerprint density at radius 1 is 0.946 bits per heavy atom. The van der Waals surface area contributed by atoms with Crippen molar-refractivity contribution in [3.63, 3.8) is 0 Å². The number of aromatic amines is 1. The average molecular weight is 495 g/mol. The molecule has 1 saturated heterocycles. The maximum absolute atomic E-state index is 13.5. The zero-order valence-corrected chi connectivity index (χ0v) is 20.8. The molecule has 188 valence electrons. The van der Waals surface area contributed by atoms with E-state index in [-0.39, 0.29) is 17.7 Å². The van der Waals surface area contributed by atoms with E-state index >= 15 is 0 Å². The first-order valence-electron chi connectivity index (χ1n) is 12.5.